The van der Waals surface area contributed by atoms with E-state index in [1.165, 1.54) is 0 Å². The second-order valence-corrected chi connectivity index (χ2v) is 7.33. The SMILES string of the molecule is CC(Oc1ccc(Br)cc1)C(=O)NCc1ccc(Cn2ccccc2=O)cc1. The van der Waals surface area contributed by atoms with Crippen LogP contribution in [0.3, 0.4) is 0 Å². The monoisotopic (exact) mass is 440 g/mol. The van der Waals surface area contributed by atoms with Crippen LogP contribution in [0.25, 0.3) is 0 Å². The molecule has 0 saturated carbocycles. The highest BCUT2D eigenvalue weighted by molar-refractivity contribution is 9.10. The minimum absolute atomic E-state index is 0.0291. The van der Waals surface area contributed by atoms with Gasteiger partial charge in [0.2, 0.25) is 0 Å². The Balaban J connectivity index is 1.51. The van der Waals surface area contributed by atoms with Gasteiger partial charge in [-0.1, -0.05) is 46.3 Å². The van der Waals surface area contributed by atoms with Gasteiger partial charge in [0, 0.05) is 23.3 Å². The van der Waals surface area contributed by atoms with Crippen molar-refractivity contribution < 1.29 is 9.53 Å². The van der Waals surface area contributed by atoms with Crippen LogP contribution in [0.4, 0.5) is 0 Å². The number of hydrogen-bond acceptors (Lipinski definition) is 3. The fourth-order valence-electron chi connectivity index (χ4n) is 2.65. The Morgan fingerprint density at radius 3 is 2.39 bits per heavy atom. The summed E-state index contributed by atoms with van der Waals surface area (Å²) in [6.07, 6.45) is 1.17. The molecule has 1 heterocycles. The number of rotatable bonds is 7. The third kappa shape index (κ3) is 5.57. The summed E-state index contributed by atoms with van der Waals surface area (Å²) in [6.45, 7) is 2.65. The average Bonchev–Trinajstić information content (AvgIpc) is 2.70. The number of halogens is 1. The normalized spacial score (nSPS) is 11.6. The first kappa shape index (κ1) is 19.9. The number of pyridine rings is 1. The van der Waals surface area contributed by atoms with Crippen molar-refractivity contribution in [2.45, 2.75) is 26.1 Å². The highest BCUT2D eigenvalue weighted by Gasteiger charge is 2.14. The van der Waals surface area contributed by atoms with Crippen LogP contribution in [-0.4, -0.2) is 16.6 Å². The molecule has 6 heteroatoms. The molecule has 0 spiro atoms. The Hall–Kier alpha value is -2.86. The van der Waals surface area contributed by atoms with Crippen LogP contribution in [0.15, 0.2) is 82.2 Å². The third-order valence-electron chi connectivity index (χ3n) is 4.24. The Bertz CT molecular complexity index is 982. The van der Waals surface area contributed by atoms with Gasteiger partial charge in [-0.25, -0.2) is 0 Å². The lowest BCUT2D eigenvalue weighted by atomic mass is 10.1. The van der Waals surface area contributed by atoms with Crippen LogP contribution in [0, 0.1) is 0 Å². The van der Waals surface area contributed by atoms with Crippen molar-refractivity contribution in [2.75, 3.05) is 0 Å². The number of carbonyl (C=O) groups is 1. The van der Waals surface area contributed by atoms with E-state index in [4.69, 9.17) is 4.74 Å². The number of carbonyl (C=O) groups excluding carboxylic acids is 1. The Morgan fingerprint density at radius 1 is 1.04 bits per heavy atom. The van der Waals surface area contributed by atoms with Gasteiger partial charge in [-0.3, -0.25) is 9.59 Å². The minimum atomic E-state index is -0.592. The molecule has 1 N–H and O–H groups in total. The topological polar surface area (TPSA) is 60.3 Å². The standard InChI is InChI=1S/C22H21BrN2O3/c1-16(28-20-11-9-19(23)10-12-20)22(27)24-14-17-5-7-18(8-6-17)15-25-13-3-2-4-21(25)26/h2-13,16H,14-15H2,1H3,(H,24,27). The maximum Gasteiger partial charge on any atom is 0.261 e. The predicted molar refractivity (Wildman–Crippen MR) is 112 cm³/mol. The maximum atomic E-state index is 12.2. The minimum Gasteiger partial charge on any atom is -0.481 e. The van der Waals surface area contributed by atoms with Gasteiger partial charge in [0.25, 0.3) is 11.5 Å². The lowest BCUT2D eigenvalue weighted by Gasteiger charge is -2.15. The second kappa shape index (κ2) is 9.37. The fourth-order valence-corrected chi connectivity index (χ4v) is 2.92. The summed E-state index contributed by atoms with van der Waals surface area (Å²) in [5.74, 6) is 0.467. The molecule has 0 aliphatic heterocycles. The van der Waals surface area contributed by atoms with E-state index in [1.54, 1.807) is 29.8 Å². The van der Waals surface area contributed by atoms with Crippen LogP contribution in [0.5, 0.6) is 5.75 Å². The molecule has 28 heavy (non-hydrogen) atoms. The highest BCUT2D eigenvalue weighted by Crippen LogP contribution is 2.17. The van der Waals surface area contributed by atoms with E-state index in [0.717, 1.165) is 15.6 Å². The van der Waals surface area contributed by atoms with E-state index in [-0.39, 0.29) is 11.5 Å². The van der Waals surface area contributed by atoms with E-state index in [9.17, 15) is 9.59 Å². The molecule has 5 nitrogen and oxygen atoms in total. The van der Waals surface area contributed by atoms with Crippen LogP contribution in [0.2, 0.25) is 0 Å². The Kier molecular flexibility index (Phi) is 6.66. The zero-order chi connectivity index (χ0) is 19.9. The van der Waals surface area contributed by atoms with Crippen molar-refractivity contribution in [2.24, 2.45) is 0 Å². The summed E-state index contributed by atoms with van der Waals surface area (Å²) in [6, 6.07) is 20.3. The van der Waals surface area contributed by atoms with Crippen LogP contribution in [-0.2, 0) is 17.9 Å². The Morgan fingerprint density at radius 2 is 1.71 bits per heavy atom. The molecule has 2 aromatic carbocycles. The van der Waals surface area contributed by atoms with Gasteiger partial charge in [-0.15, -0.1) is 0 Å². The van der Waals surface area contributed by atoms with Gasteiger partial charge < -0.3 is 14.6 Å². The number of hydrogen-bond donors (Lipinski definition) is 1. The largest absolute Gasteiger partial charge is 0.481 e. The molecule has 144 valence electrons. The zero-order valence-electron chi connectivity index (χ0n) is 15.5. The molecule has 0 radical (unpaired) electrons. The lowest BCUT2D eigenvalue weighted by molar-refractivity contribution is -0.127. The van der Waals surface area contributed by atoms with Crippen molar-refractivity contribution >= 4 is 21.8 Å². The molecule has 0 bridgehead atoms. The van der Waals surface area contributed by atoms with Crippen LogP contribution >= 0.6 is 15.9 Å². The maximum absolute atomic E-state index is 12.2. The zero-order valence-corrected chi connectivity index (χ0v) is 17.1. The van der Waals surface area contributed by atoms with E-state index in [0.29, 0.717) is 18.8 Å². The summed E-state index contributed by atoms with van der Waals surface area (Å²) < 4.78 is 8.26. The van der Waals surface area contributed by atoms with E-state index < -0.39 is 6.10 Å². The first-order valence-corrected chi connectivity index (χ1v) is 9.74. The van der Waals surface area contributed by atoms with Crippen molar-refractivity contribution in [3.8, 4) is 5.75 Å². The van der Waals surface area contributed by atoms with Crippen molar-refractivity contribution in [3.63, 3.8) is 0 Å². The summed E-state index contributed by atoms with van der Waals surface area (Å²) in [4.78, 5) is 24.0. The van der Waals surface area contributed by atoms with Crippen LogP contribution in [0.1, 0.15) is 18.1 Å². The molecule has 1 unspecified atom stereocenters. The quantitative estimate of drug-likeness (QED) is 0.608. The number of amides is 1. The van der Waals surface area contributed by atoms with Crippen molar-refractivity contribution in [3.05, 3.63) is 98.9 Å². The molecule has 1 aromatic heterocycles. The number of benzene rings is 2. The van der Waals surface area contributed by atoms with Gasteiger partial charge in [0.05, 0.1) is 6.54 Å². The molecular formula is C22H21BrN2O3. The van der Waals surface area contributed by atoms with Gasteiger partial charge in [-0.2, -0.15) is 0 Å². The molecular weight excluding hydrogens is 420 g/mol. The van der Waals surface area contributed by atoms with Gasteiger partial charge in [0.1, 0.15) is 5.75 Å². The predicted octanol–water partition coefficient (Wildman–Crippen LogP) is 3.74. The summed E-state index contributed by atoms with van der Waals surface area (Å²) in [5, 5.41) is 2.88. The molecule has 0 aliphatic rings. The molecule has 1 atom stereocenters. The average molecular weight is 441 g/mol. The number of ether oxygens (including phenoxy) is 1. The first-order valence-electron chi connectivity index (χ1n) is 8.94. The van der Waals surface area contributed by atoms with E-state index in [1.807, 2.05) is 54.6 Å². The van der Waals surface area contributed by atoms with Gasteiger partial charge in [-0.05, 0) is 48.4 Å². The Labute approximate surface area is 172 Å². The lowest BCUT2D eigenvalue weighted by Crippen LogP contribution is -2.35. The second-order valence-electron chi connectivity index (χ2n) is 6.42. The molecule has 0 aliphatic carbocycles. The molecule has 3 rings (SSSR count). The molecule has 0 saturated heterocycles. The number of nitrogens with one attached hydrogen (secondary N) is 1. The number of nitrogens with zero attached hydrogens (tertiary/aromatic N) is 1. The third-order valence-corrected chi connectivity index (χ3v) is 4.77. The van der Waals surface area contributed by atoms with E-state index >= 15 is 0 Å². The fraction of sp³-hybridized carbons (Fsp3) is 0.182. The number of aromatic nitrogens is 1. The van der Waals surface area contributed by atoms with Crippen LogP contribution < -0.4 is 15.6 Å². The molecule has 3 aromatic rings. The van der Waals surface area contributed by atoms with Gasteiger partial charge >= 0.3 is 0 Å². The van der Waals surface area contributed by atoms with E-state index in [2.05, 4.69) is 21.2 Å². The van der Waals surface area contributed by atoms with Gasteiger partial charge in [0.15, 0.2) is 6.10 Å². The highest BCUT2D eigenvalue weighted by atomic mass is 79.9. The summed E-state index contributed by atoms with van der Waals surface area (Å²) in [7, 11) is 0. The van der Waals surface area contributed by atoms with Crippen molar-refractivity contribution in [1.82, 2.24) is 9.88 Å². The molecule has 1 amide bonds. The molecule has 0 fully saturated rings. The smallest absolute Gasteiger partial charge is 0.261 e. The first-order chi connectivity index (χ1) is 13.5. The van der Waals surface area contributed by atoms with Crippen molar-refractivity contribution in [1.29, 1.82) is 0 Å². The summed E-state index contributed by atoms with van der Waals surface area (Å²) in [5.41, 5.74) is 1.97. The summed E-state index contributed by atoms with van der Waals surface area (Å²) >= 11 is 3.37.